The van der Waals surface area contributed by atoms with E-state index < -0.39 is 0 Å². The summed E-state index contributed by atoms with van der Waals surface area (Å²) >= 11 is 0. The minimum atomic E-state index is -0.216. The van der Waals surface area contributed by atoms with Gasteiger partial charge in [-0.25, -0.2) is 0 Å². The molecule has 13 heavy (non-hydrogen) atoms. The normalized spacial score (nSPS) is 26.9. The van der Waals surface area contributed by atoms with Gasteiger partial charge in [0.25, 0.3) is 0 Å². The number of carbonyl (C=O) groups excluding carboxylic acids is 2. The Labute approximate surface area is 77.2 Å². The van der Waals surface area contributed by atoms with E-state index in [2.05, 4.69) is 9.47 Å². The van der Waals surface area contributed by atoms with E-state index in [0.717, 1.165) is 12.8 Å². The first-order chi connectivity index (χ1) is 6.19. The van der Waals surface area contributed by atoms with Gasteiger partial charge in [-0.2, -0.15) is 0 Å². The number of ether oxygens (including phenoxy) is 2. The topological polar surface area (TPSA) is 52.6 Å². The number of rotatable bonds is 2. The predicted octanol–water partition coefficient (Wildman–Crippen LogP) is 0.749. The summed E-state index contributed by atoms with van der Waals surface area (Å²) in [5.74, 6) is -0.666. The monoisotopic (exact) mass is 186 g/mol. The standard InChI is InChI=1S/C9H14O4/c1-12-8(10)6-3-4-7(5-6)9(11)13-2/h6-7H,3-5H2,1-2H3/t6-,7+. The summed E-state index contributed by atoms with van der Waals surface area (Å²) < 4.78 is 9.21. The molecule has 1 rings (SSSR count). The van der Waals surface area contributed by atoms with Crippen molar-refractivity contribution < 1.29 is 19.1 Å². The second-order valence-electron chi connectivity index (χ2n) is 3.25. The molecule has 0 unspecified atom stereocenters. The average molecular weight is 186 g/mol. The highest BCUT2D eigenvalue weighted by Crippen LogP contribution is 2.32. The van der Waals surface area contributed by atoms with Gasteiger partial charge >= 0.3 is 11.9 Å². The van der Waals surface area contributed by atoms with Crippen LogP contribution in [0.5, 0.6) is 0 Å². The second kappa shape index (κ2) is 4.25. The maximum Gasteiger partial charge on any atom is 0.308 e. The van der Waals surface area contributed by atoms with Crippen molar-refractivity contribution in [2.75, 3.05) is 14.2 Å². The van der Waals surface area contributed by atoms with E-state index in [9.17, 15) is 9.59 Å². The van der Waals surface area contributed by atoms with Crippen LogP contribution in [0.3, 0.4) is 0 Å². The zero-order valence-electron chi connectivity index (χ0n) is 7.91. The van der Waals surface area contributed by atoms with Crippen LogP contribution in [0.15, 0.2) is 0 Å². The summed E-state index contributed by atoms with van der Waals surface area (Å²) in [4.78, 5) is 22.2. The van der Waals surface area contributed by atoms with E-state index in [1.807, 2.05) is 0 Å². The Hall–Kier alpha value is -1.06. The van der Waals surface area contributed by atoms with Crippen LogP contribution < -0.4 is 0 Å². The lowest BCUT2D eigenvalue weighted by atomic mass is 10.1. The predicted molar refractivity (Wildman–Crippen MR) is 44.9 cm³/mol. The summed E-state index contributed by atoms with van der Waals surface area (Å²) in [7, 11) is 2.74. The molecule has 0 amide bonds. The van der Waals surface area contributed by atoms with Crippen molar-refractivity contribution in [2.45, 2.75) is 19.3 Å². The van der Waals surface area contributed by atoms with Crippen LogP contribution in [0.2, 0.25) is 0 Å². The number of hydrogen-bond acceptors (Lipinski definition) is 4. The molecule has 0 spiro atoms. The highest BCUT2D eigenvalue weighted by Gasteiger charge is 2.34. The SMILES string of the molecule is COC(=O)[C@@H]1CC[C@H](C(=O)OC)C1. The fourth-order valence-electron chi connectivity index (χ4n) is 1.74. The van der Waals surface area contributed by atoms with Gasteiger partial charge in [0.2, 0.25) is 0 Å². The summed E-state index contributed by atoms with van der Waals surface area (Å²) in [5.41, 5.74) is 0. The third-order valence-corrected chi connectivity index (χ3v) is 2.50. The van der Waals surface area contributed by atoms with Gasteiger partial charge in [0.05, 0.1) is 26.1 Å². The van der Waals surface area contributed by atoms with Crippen molar-refractivity contribution in [1.82, 2.24) is 0 Å². The molecular weight excluding hydrogens is 172 g/mol. The van der Waals surface area contributed by atoms with Crippen molar-refractivity contribution in [3.05, 3.63) is 0 Å². The smallest absolute Gasteiger partial charge is 0.308 e. The van der Waals surface area contributed by atoms with Crippen LogP contribution in [-0.2, 0) is 19.1 Å². The Morgan fingerprint density at radius 3 is 1.69 bits per heavy atom. The molecule has 0 aromatic heterocycles. The molecule has 0 radical (unpaired) electrons. The van der Waals surface area contributed by atoms with Crippen LogP contribution in [0.4, 0.5) is 0 Å². The molecule has 0 aromatic carbocycles. The van der Waals surface area contributed by atoms with Gasteiger partial charge in [0, 0.05) is 0 Å². The van der Waals surface area contributed by atoms with Gasteiger partial charge in [0.1, 0.15) is 0 Å². The largest absolute Gasteiger partial charge is 0.469 e. The lowest BCUT2D eigenvalue weighted by Gasteiger charge is -2.07. The molecule has 0 bridgehead atoms. The molecule has 0 heterocycles. The van der Waals surface area contributed by atoms with E-state index in [-0.39, 0.29) is 23.8 Å². The maximum atomic E-state index is 11.1. The summed E-state index contributed by atoms with van der Waals surface area (Å²) in [6, 6.07) is 0. The van der Waals surface area contributed by atoms with Gasteiger partial charge < -0.3 is 9.47 Å². The van der Waals surface area contributed by atoms with Crippen molar-refractivity contribution in [1.29, 1.82) is 0 Å². The van der Waals surface area contributed by atoms with Crippen molar-refractivity contribution in [3.8, 4) is 0 Å². The molecule has 4 nitrogen and oxygen atoms in total. The Morgan fingerprint density at radius 2 is 1.38 bits per heavy atom. The lowest BCUT2D eigenvalue weighted by Crippen LogP contribution is -2.16. The highest BCUT2D eigenvalue weighted by molar-refractivity contribution is 5.77. The van der Waals surface area contributed by atoms with E-state index in [0.29, 0.717) is 6.42 Å². The van der Waals surface area contributed by atoms with E-state index in [1.165, 1.54) is 14.2 Å². The molecule has 1 saturated carbocycles. The molecule has 1 fully saturated rings. The van der Waals surface area contributed by atoms with Crippen molar-refractivity contribution in [3.63, 3.8) is 0 Å². The first-order valence-corrected chi connectivity index (χ1v) is 4.34. The highest BCUT2D eigenvalue weighted by atomic mass is 16.5. The van der Waals surface area contributed by atoms with E-state index in [1.54, 1.807) is 0 Å². The third-order valence-electron chi connectivity index (χ3n) is 2.50. The van der Waals surface area contributed by atoms with Gasteiger partial charge in [-0.1, -0.05) is 0 Å². The van der Waals surface area contributed by atoms with E-state index in [4.69, 9.17) is 0 Å². The molecule has 0 aliphatic heterocycles. The zero-order valence-corrected chi connectivity index (χ0v) is 7.91. The fourth-order valence-corrected chi connectivity index (χ4v) is 1.74. The molecule has 2 atom stereocenters. The van der Waals surface area contributed by atoms with Gasteiger partial charge in [0.15, 0.2) is 0 Å². The molecule has 0 N–H and O–H groups in total. The van der Waals surface area contributed by atoms with Gasteiger partial charge in [-0.3, -0.25) is 9.59 Å². The Balaban J connectivity index is 2.44. The van der Waals surface area contributed by atoms with Gasteiger partial charge in [-0.15, -0.1) is 0 Å². The third kappa shape index (κ3) is 2.20. The first-order valence-electron chi connectivity index (χ1n) is 4.34. The number of hydrogen-bond donors (Lipinski definition) is 0. The summed E-state index contributed by atoms with van der Waals surface area (Å²) in [6.07, 6.45) is 2.03. The second-order valence-corrected chi connectivity index (χ2v) is 3.25. The summed E-state index contributed by atoms with van der Waals surface area (Å²) in [6.45, 7) is 0. The van der Waals surface area contributed by atoms with Crippen molar-refractivity contribution in [2.24, 2.45) is 11.8 Å². The van der Waals surface area contributed by atoms with Crippen LogP contribution in [0.1, 0.15) is 19.3 Å². The first kappa shape index (κ1) is 10.0. The van der Waals surface area contributed by atoms with Gasteiger partial charge in [-0.05, 0) is 19.3 Å². The number of carbonyl (C=O) groups is 2. The zero-order chi connectivity index (χ0) is 9.84. The number of esters is 2. The van der Waals surface area contributed by atoms with E-state index >= 15 is 0 Å². The Bertz CT molecular complexity index is 190. The Kier molecular flexibility index (Phi) is 3.28. The number of methoxy groups -OCH3 is 2. The summed E-state index contributed by atoms with van der Waals surface area (Å²) in [5, 5.41) is 0. The minimum absolute atomic E-state index is 0.117. The molecule has 0 saturated heterocycles. The quantitative estimate of drug-likeness (QED) is 0.597. The van der Waals surface area contributed by atoms with Crippen LogP contribution in [0.25, 0.3) is 0 Å². The molecule has 0 aromatic rings. The molecule has 1 aliphatic rings. The fraction of sp³-hybridized carbons (Fsp3) is 0.778. The lowest BCUT2D eigenvalue weighted by molar-refractivity contribution is -0.146. The minimum Gasteiger partial charge on any atom is -0.469 e. The van der Waals surface area contributed by atoms with Crippen LogP contribution >= 0.6 is 0 Å². The average Bonchev–Trinajstić information content (AvgIpc) is 2.64. The maximum absolute atomic E-state index is 11.1. The van der Waals surface area contributed by atoms with Crippen LogP contribution in [0, 0.1) is 11.8 Å². The molecular formula is C9H14O4. The molecule has 74 valence electrons. The molecule has 4 heteroatoms. The van der Waals surface area contributed by atoms with Crippen LogP contribution in [-0.4, -0.2) is 26.2 Å². The van der Waals surface area contributed by atoms with Crippen molar-refractivity contribution >= 4 is 11.9 Å². The Morgan fingerprint density at radius 1 is 1.00 bits per heavy atom. The molecule has 1 aliphatic carbocycles.